The Balaban J connectivity index is 1.33. The molecule has 0 bridgehead atoms. The van der Waals surface area contributed by atoms with Crippen molar-refractivity contribution in [3.8, 4) is 11.5 Å². The highest BCUT2D eigenvalue weighted by atomic mass is 16.5. The van der Waals surface area contributed by atoms with Crippen molar-refractivity contribution in [1.82, 2.24) is 15.3 Å². The number of fused-ring (bicyclic) bond motifs is 2. The van der Waals surface area contributed by atoms with Gasteiger partial charge in [0.05, 0.1) is 24.1 Å². The summed E-state index contributed by atoms with van der Waals surface area (Å²) in [6.07, 6.45) is 1.32. The summed E-state index contributed by atoms with van der Waals surface area (Å²) in [6.45, 7) is 0.907. The molecule has 2 heterocycles. The number of nitrogens with zero attached hydrogens (tertiary/aromatic N) is 1. The second kappa shape index (κ2) is 7.07. The Morgan fingerprint density at radius 2 is 2.19 bits per heavy atom. The maximum absolute atomic E-state index is 12.5. The highest BCUT2D eigenvalue weighted by Crippen LogP contribution is 2.35. The summed E-state index contributed by atoms with van der Waals surface area (Å²) in [5.74, 6) is 2.16. The summed E-state index contributed by atoms with van der Waals surface area (Å²) in [4.78, 5) is 20.3. The van der Waals surface area contributed by atoms with Crippen LogP contribution >= 0.6 is 0 Å². The van der Waals surface area contributed by atoms with Crippen molar-refractivity contribution in [2.75, 3.05) is 20.3 Å². The van der Waals surface area contributed by atoms with E-state index < -0.39 is 0 Å². The van der Waals surface area contributed by atoms with Gasteiger partial charge in [0.15, 0.2) is 11.5 Å². The lowest BCUT2D eigenvalue weighted by atomic mass is 9.95. The Bertz CT molecular complexity index is 902. The van der Waals surface area contributed by atoms with E-state index in [1.165, 1.54) is 0 Å². The zero-order valence-corrected chi connectivity index (χ0v) is 14.6. The molecule has 6 nitrogen and oxygen atoms in total. The molecule has 2 N–H and O–H groups in total. The zero-order valence-electron chi connectivity index (χ0n) is 14.6. The third-order valence-electron chi connectivity index (χ3n) is 4.65. The molecule has 6 heteroatoms. The largest absolute Gasteiger partial charge is 0.493 e. The quantitative estimate of drug-likeness (QED) is 0.740. The fraction of sp³-hybridized carbons (Fsp3) is 0.300. The maximum atomic E-state index is 12.5. The molecule has 0 fully saturated rings. The van der Waals surface area contributed by atoms with Gasteiger partial charge in [0.1, 0.15) is 12.4 Å². The predicted octanol–water partition coefficient (Wildman–Crippen LogP) is 2.48. The van der Waals surface area contributed by atoms with Gasteiger partial charge < -0.3 is 19.8 Å². The average Bonchev–Trinajstić information content (AvgIpc) is 3.09. The number of para-hydroxylation sites is 3. The zero-order chi connectivity index (χ0) is 17.9. The minimum absolute atomic E-state index is 0.00887. The molecule has 26 heavy (non-hydrogen) atoms. The second-order valence-corrected chi connectivity index (χ2v) is 6.40. The van der Waals surface area contributed by atoms with Crippen LogP contribution in [-0.4, -0.2) is 36.1 Å². The van der Waals surface area contributed by atoms with Crippen LogP contribution in [0.4, 0.5) is 0 Å². The third kappa shape index (κ3) is 3.22. The number of carbonyl (C=O) groups is 1. The number of H-pyrrole nitrogens is 1. The van der Waals surface area contributed by atoms with Crippen LogP contribution in [0.1, 0.15) is 11.4 Å². The molecule has 0 saturated carbocycles. The number of aromatic amines is 1. The number of carbonyl (C=O) groups excluding carboxylic acids is 1. The molecule has 4 rings (SSSR count). The van der Waals surface area contributed by atoms with E-state index in [1.807, 2.05) is 42.5 Å². The van der Waals surface area contributed by atoms with E-state index in [0.717, 1.165) is 28.2 Å². The van der Waals surface area contributed by atoms with Crippen molar-refractivity contribution in [2.45, 2.75) is 12.8 Å². The number of ether oxygens (including phenoxy) is 2. The standard InChI is InChI=1S/C20H21N3O3/c1-25-17-8-4-5-13-11-14(12-26-19(13)17)20(24)21-10-9-18-22-15-6-2-3-7-16(15)23-18/h2-8,14H,9-12H2,1H3,(H,21,24)(H,22,23). The minimum Gasteiger partial charge on any atom is -0.493 e. The Hall–Kier alpha value is -3.02. The van der Waals surface area contributed by atoms with Crippen molar-refractivity contribution in [1.29, 1.82) is 0 Å². The normalized spacial score (nSPS) is 16.0. The van der Waals surface area contributed by atoms with Gasteiger partial charge in [0.25, 0.3) is 0 Å². The van der Waals surface area contributed by atoms with Crippen LogP contribution in [0.25, 0.3) is 11.0 Å². The van der Waals surface area contributed by atoms with Gasteiger partial charge in [0.2, 0.25) is 5.91 Å². The second-order valence-electron chi connectivity index (χ2n) is 6.40. The van der Waals surface area contributed by atoms with Crippen LogP contribution in [-0.2, 0) is 17.6 Å². The van der Waals surface area contributed by atoms with Gasteiger partial charge in [-0.05, 0) is 30.2 Å². The summed E-state index contributed by atoms with van der Waals surface area (Å²) in [6, 6.07) is 13.7. The molecular formula is C20H21N3O3. The van der Waals surface area contributed by atoms with E-state index in [-0.39, 0.29) is 11.8 Å². The van der Waals surface area contributed by atoms with Gasteiger partial charge in [0, 0.05) is 13.0 Å². The first-order valence-corrected chi connectivity index (χ1v) is 8.74. The SMILES string of the molecule is COc1cccc2c1OCC(C(=O)NCCc1nc3ccccc3[nH]1)C2. The lowest BCUT2D eigenvalue weighted by Gasteiger charge is -2.25. The molecule has 0 radical (unpaired) electrons. The van der Waals surface area contributed by atoms with Crippen LogP contribution in [0.3, 0.4) is 0 Å². The first-order chi connectivity index (χ1) is 12.7. The van der Waals surface area contributed by atoms with Crippen LogP contribution in [0.2, 0.25) is 0 Å². The Labute approximate surface area is 151 Å². The number of imidazole rings is 1. The first-order valence-electron chi connectivity index (χ1n) is 8.74. The molecule has 0 saturated heterocycles. The molecule has 1 aliphatic heterocycles. The van der Waals surface area contributed by atoms with Gasteiger partial charge in [-0.15, -0.1) is 0 Å². The molecule has 1 aliphatic rings. The number of aromatic nitrogens is 2. The number of nitrogens with one attached hydrogen (secondary N) is 2. The Morgan fingerprint density at radius 1 is 1.31 bits per heavy atom. The van der Waals surface area contributed by atoms with E-state index in [1.54, 1.807) is 7.11 Å². The van der Waals surface area contributed by atoms with Crippen molar-refractivity contribution < 1.29 is 14.3 Å². The molecule has 2 aromatic carbocycles. The number of hydrogen-bond donors (Lipinski definition) is 2. The summed E-state index contributed by atoms with van der Waals surface area (Å²) < 4.78 is 11.1. The van der Waals surface area contributed by atoms with Gasteiger partial charge in [-0.2, -0.15) is 0 Å². The van der Waals surface area contributed by atoms with Crippen molar-refractivity contribution >= 4 is 16.9 Å². The van der Waals surface area contributed by atoms with E-state index in [2.05, 4.69) is 15.3 Å². The number of benzene rings is 2. The molecule has 0 aliphatic carbocycles. The van der Waals surface area contributed by atoms with Gasteiger partial charge in [-0.3, -0.25) is 4.79 Å². The number of methoxy groups -OCH3 is 1. The summed E-state index contributed by atoms with van der Waals surface area (Å²) in [5, 5.41) is 2.99. The highest BCUT2D eigenvalue weighted by molar-refractivity contribution is 5.80. The van der Waals surface area contributed by atoms with Crippen LogP contribution < -0.4 is 14.8 Å². The molecule has 0 spiro atoms. The summed E-state index contributed by atoms with van der Waals surface area (Å²) in [5.41, 5.74) is 2.97. The van der Waals surface area contributed by atoms with E-state index in [9.17, 15) is 4.79 Å². The average molecular weight is 351 g/mol. The number of rotatable bonds is 5. The molecule has 1 atom stereocenters. The van der Waals surface area contributed by atoms with Crippen molar-refractivity contribution in [3.05, 3.63) is 53.9 Å². The van der Waals surface area contributed by atoms with Crippen molar-refractivity contribution in [3.63, 3.8) is 0 Å². The molecule has 1 amide bonds. The number of hydrogen-bond acceptors (Lipinski definition) is 4. The third-order valence-corrected chi connectivity index (χ3v) is 4.65. The molecule has 3 aromatic rings. The Kier molecular flexibility index (Phi) is 4.48. The maximum Gasteiger partial charge on any atom is 0.226 e. The van der Waals surface area contributed by atoms with E-state index in [0.29, 0.717) is 31.7 Å². The topological polar surface area (TPSA) is 76.2 Å². The molecule has 1 aromatic heterocycles. The van der Waals surface area contributed by atoms with Crippen LogP contribution in [0.5, 0.6) is 11.5 Å². The summed E-state index contributed by atoms with van der Waals surface area (Å²) in [7, 11) is 1.62. The fourth-order valence-corrected chi connectivity index (χ4v) is 3.30. The smallest absolute Gasteiger partial charge is 0.226 e. The molecule has 1 unspecified atom stereocenters. The van der Waals surface area contributed by atoms with Gasteiger partial charge >= 0.3 is 0 Å². The van der Waals surface area contributed by atoms with Crippen LogP contribution in [0.15, 0.2) is 42.5 Å². The van der Waals surface area contributed by atoms with Crippen LogP contribution in [0, 0.1) is 5.92 Å². The monoisotopic (exact) mass is 351 g/mol. The van der Waals surface area contributed by atoms with Gasteiger partial charge in [-0.1, -0.05) is 24.3 Å². The van der Waals surface area contributed by atoms with E-state index >= 15 is 0 Å². The minimum atomic E-state index is -0.190. The predicted molar refractivity (Wildman–Crippen MR) is 98.5 cm³/mol. The molecule has 134 valence electrons. The Morgan fingerprint density at radius 3 is 3.04 bits per heavy atom. The van der Waals surface area contributed by atoms with Crippen molar-refractivity contribution in [2.24, 2.45) is 5.92 Å². The highest BCUT2D eigenvalue weighted by Gasteiger charge is 2.27. The fourth-order valence-electron chi connectivity index (χ4n) is 3.30. The lowest BCUT2D eigenvalue weighted by Crippen LogP contribution is -2.38. The lowest BCUT2D eigenvalue weighted by molar-refractivity contribution is -0.126. The van der Waals surface area contributed by atoms with Gasteiger partial charge in [-0.25, -0.2) is 4.98 Å². The van der Waals surface area contributed by atoms with E-state index in [4.69, 9.17) is 9.47 Å². The molecular weight excluding hydrogens is 330 g/mol. The first kappa shape index (κ1) is 16.4. The summed E-state index contributed by atoms with van der Waals surface area (Å²) >= 11 is 0. The number of amides is 1.